The van der Waals surface area contributed by atoms with E-state index >= 15 is 0 Å². The highest BCUT2D eigenvalue weighted by molar-refractivity contribution is 5.66. The lowest BCUT2D eigenvalue weighted by Crippen LogP contribution is -2.65. The molecule has 3 fully saturated rings. The molecule has 15 atom stereocenters. The summed E-state index contributed by atoms with van der Waals surface area (Å²) in [5.74, 6) is -0.959. The van der Waals surface area contributed by atoms with Crippen LogP contribution in [0.5, 0.6) is 0 Å². The highest BCUT2D eigenvalue weighted by atomic mass is 16.8. The van der Waals surface area contributed by atoms with Gasteiger partial charge in [-0.05, 0) is 19.3 Å². The van der Waals surface area contributed by atoms with Crippen molar-refractivity contribution in [3.63, 3.8) is 0 Å². The first-order valence-corrected chi connectivity index (χ1v) is 13.6. The Hall–Kier alpha value is -1.39. The van der Waals surface area contributed by atoms with Gasteiger partial charge in [0.15, 0.2) is 18.9 Å². The maximum Gasteiger partial charge on any atom is 0.303 e. The van der Waals surface area contributed by atoms with Gasteiger partial charge in [0.25, 0.3) is 0 Å². The van der Waals surface area contributed by atoms with Crippen LogP contribution in [0.2, 0.25) is 0 Å². The normalized spacial score (nSPS) is 43.5. The van der Waals surface area contributed by atoms with Gasteiger partial charge in [-0.1, -0.05) is 6.08 Å². The minimum Gasteiger partial charge on any atom is -0.481 e. The van der Waals surface area contributed by atoms with Gasteiger partial charge < -0.3 is 79.5 Å². The van der Waals surface area contributed by atoms with E-state index in [4.69, 9.17) is 33.5 Å². The zero-order valence-electron chi connectivity index (χ0n) is 22.7. The fourth-order valence-corrected chi connectivity index (χ4v) is 4.78. The van der Waals surface area contributed by atoms with Crippen molar-refractivity contribution in [2.75, 3.05) is 19.8 Å². The van der Waals surface area contributed by atoms with Crippen LogP contribution in [0.3, 0.4) is 0 Å². The van der Waals surface area contributed by atoms with Gasteiger partial charge >= 0.3 is 5.97 Å². The Balaban J connectivity index is 1.70. The van der Waals surface area contributed by atoms with Gasteiger partial charge in [-0.25, -0.2) is 0 Å². The number of hydrogen-bond acceptors (Lipinski definition) is 16. The average Bonchev–Trinajstić information content (AvgIpc) is 2.96. The molecule has 0 saturated carbocycles. The van der Waals surface area contributed by atoms with Gasteiger partial charge in [-0.2, -0.15) is 0 Å². The Morgan fingerprint density at radius 1 is 0.833 bits per heavy atom. The molecule has 3 saturated heterocycles. The fraction of sp³-hybridized carbons (Fsp3) is 0.880. The van der Waals surface area contributed by atoms with Crippen LogP contribution in [0, 0.1) is 0 Å². The predicted molar refractivity (Wildman–Crippen MR) is 134 cm³/mol. The second-order valence-corrected chi connectivity index (χ2v) is 10.5. The Morgan fingerprint density at radius 3 is 2.12 bits per heavy atom. The zero-order valence-corrected chi connectivity index (χ0v) is 22.7. The van der Waals surface area contributed by atoms with E-state index in [0.717, 1.165) is 0 Å². The van der Waals surface area contributed by atoms with E-state index in [0.29, 0.717) is 19.3 Å². The molecule has 42 heavy (non-hydrogen) atoms. The summed E-state index contributed by atoms with van der Waals surface area (Å²) in [6.45, 7) is 2.07. The lowest BCUT2D eigenvalue weighted by Gasteiger charge is -2.46. The maximum atomic E-state index is 10.8. The highest BCUT2D eigenvalue weighted by Gasteiger charge is 2.51. The van der Waals surface area contributed by atoms with Gasteiger partial charge in [-0.15, -0.1) is 6.58 Å². The van der Waals surface area contributed by atoms with E-state index in [2.05, 4.69) is 6.58 Å². The van der Waals surface area contributed by atoms with Crippen LogP contribution in [0.4, 0.5) is 0 Å². The Labute approximate surface area is 241 Å². The molecular formula is C25H42O17. The summed E-state index contributed by atoms with van der Waals surface area (Å²) in [7, 11) is 0. The molecule has 0 radical (unpaired) electrons. The third kappa shape index (κ3) is 8.62. The summed E-state index contributed by atoms with van der Waals surface area (Å²) >= 11 is 0. The summed E-state index contributed by atoms with van der Waals surface area (Å²) in [6.07, 6.45) is -20.7. The van der Waals surface area contributed by atoms with Gasteiger partial charge in [0, 0.05) is 6.42 Å². The van der Waals surface area contributed by atoms with Crippen molar-refractivity contribution >= 4 is 5.97 Å². The number of rotatable bonds is 14. The molecule has 0 aliphatic carbocycles. The molecule has 244 valence electrons. The van der Waals surface area contributed by atoms with Crippen LogP contribution >= 0.6 is 0 Å². The van der Waals surface area contributed by atoms with E-state index < -0.39 is 111 Å². The maximum absolute atomic E-state index is 10.8. The van der Waals surface area contributed by atoms with Crippen molar-refractivity contribution in [2.45, 2.75) is 118 Å². The molecule has 3 rings (SSSR count). The number of aliphatic hydroxyl groups is 9. The van der Waals surface area contributed by atoms with Crippen LogP contribution < -0.4 is 0 Å². The Kier molecular flexibility index (Phi) is 13.4. The van der Waals surface area contributed by atoms with E-state index in [1.165, 1.54) is 6.08 Å². The number of aliphatic hydroxyl groups excluding tert-OH is 9. The van der Waals surface area contributed by atoms with Crippen molar-refractivity contribution in [3.05, 3.63) is 12.7 Å². The Bertz CT molecular complexity index is 848. The molecule has 0 amide bonds. The molecule has 3 heterocycles. The second kappa shape index (κ2) is 16.1. The second-order valence-electron chi connectivity index (χ2n) is 10.5. The Morgan fingerprint density at radius 2 is 1.48 bits per heavy atom. The largest absolute Gasteiger partial charge is 0.481 e. The average molecular weight is 615 g/mol. The quantitative estimate of drug-likeness (QED) is 0.0650. The molecule has 0 aromatic rings. The molecule has 0 aromatic carbocycles. The molecule has 17 nitrogen and oxygen atoms in total. The van der Waals surface area contributed by atoms with Gasteiger partial charge in [0.2, 0.25) is 0 Å². The minimum absolute atomic E-state index is 0.0582. The minimum atomic E-state index is -1.88. The smallest absolute Gasteiger partial charge is 0.303 e. The first-order chi connectivity index (χ1) is 19.9. The lowest BCUT2D eigenvalue weighted by molar-refractivity contribution is -0.373. The first-order valence-electron chi connectivity index (χ1n) is 13.6. The molecule has 3 aliphatic rings. The monoisotopic (exact) mass is 614 g/mol. The molecule has 0 unspecified atom stereocenters. The van der Waals surface area contributed by atoms with Crippen LogP contribution in [-0.2, 0) is 33.2 Å². The van der Waals surface area contributed by atoms with Gasteiger partial charge in [0.1, 0.15) is 67.1 Å². The van der Waals surface area contributed by atoms with Gasteiger partial charge in [0.05, 0.1) is 25.9 Å². The van der Waals surface area contributed by atoms with Crippen molar-refractivity contribution in [1.29, 1.82) is 0 Å². The molecule has 0 spiro atoms. The standard InChI is InChI=1S/C25H42O17/c1-2-10(5-3-4-6-14(28)29)39-25-22(19(34)16(31)12(7-26)40-25)42-24-21(36)18(33)17(32)13(41-24)9-38-23-20(35)15(30)11(27)8-37-23/h2,10-13,15-27,30-36H,1,3-9H2,(H,28,29)/t10-,11+,12+,13+,15-,16+,17+,18-,19-,20+,21+,22+,23-,24-,25+/m0/s1. The summed E-state index contributed by atoms with van der Waals surface area (Å²) in [5, 5.41) is 101. The van der Waals surface area contributed by atoms with E-state index in [-0.39, 0.29) is 13.0 Å². The summed E-state index contributed by atoms with van der Waals surface area (Å²) in [6, 6.07) is 0. The third-order valence-electron chi connectivity index (χ3n) is 7.36. The molecule has 17 heteroatoms. The molecule has 0 bridgehead atoms. The number of hydrogen-bond donors (Lipinski definition) is 10. The van der Waals surface area contributed by atoms with Crippen LogP contribution in [-0.4, -0.2) is 169 Å². The zero-order chi connectivity index (χ0) is 31.1. The summed E-state index contributed by atoms with van der Waals surface area (Å²) in [4.78, 5) is 10.8. The predicted octanol–water partition coefficient (Wildman–Crippen LogP) is -4.71. The number of unbranched alkanes of at least 4 members (excludes halogenated alkanes) is 1. The lowest BCUT2D eigenvalue weighted by atomic mass is 9.97. The molecule has 3 aliphatic heterocycles. The number of carboxylic acids is 1. The third-order valence-corrected chi connectivity index (χ3v) is 7.36. The van der Waals surface area contributed by atoms with E-state index in [1.54, 1.807) is 0 Å². The topological polar surface area (TPSA) is 275 Å². The number of aliphatic carboxylic acids is 1. The van der Waals surface area contributed by atoms with Crippen LogP contribution in [0.1, 0.15) is 25.7 Å². The SMILES string of the molecule is C=C[C@@H](CCCCC(=O)O)O[C@@H]1O[C@H](CO)[C@@H](O)[C@H](O)[C@H]1O[C@@H]1O[C@H](CO[C@@H]2OC[C@@H](O)[C@H](O)[C@H]2O)[C@@H](O)[C@H](O)[C@H]1O. The summed E-state index contributed by atoms with van der Waals surface area (Å²) < 4.78 is 33.3. The molecular weight excluding hydrogens is 572 g/mol. The number of carbonyl (C=O) groups is 1. The molecule has 0 aromatic heterocycles. The molecule has 10 N–H and O–H groups in total. The van der Waals surface area contributed by atoms with Crippen molar-refractivity contribution in [1.82, 2.24) is 0 Å². The fourth-order valence-electron chi connectivity index (χ4n) is 4.78. The van der Waals surface area contributed by atoms with Crippen molar-refractivity contribution in [3.8, 4) is 0 Å². The van der Waals surface area contributed by atoms with E-state index in [1.807, 2.05) is 0 Å². The number of carboxylic acid groups (broad SMARTS) is 1. The van der Waals surface area contributed by atoms with Crippen LogP contribution in [0.15, 0.2) is 12.7 Å². The van der Waals surface area contributed by atoms with Crippen molar-refractivity contribution in [2.24, 2.45) is 0 Å². The number of ether oxygens (including phenoxy) is 6. The van der Waals surface area contributed by atoms with Gasteiger partial charge in [-0.3, -0.25) is 4.79 Å². The van der Waals surface area contributed by atoms with Crippen LogP contribution in [0.25, 0.3) is 0 Å². The highest BCUT2D eigenvalue weighted by Crippen LogP contribution is 2.31. The first kappa shape index (κ1) is 35.1. The summed E-state index contributed by atoms with van der Waals surface area (Å²) in [5.41, 5.74) is 0. The van der Waals surface area contributed by atoms with E-state index in [9.17, 15) is 50.8 Å². The van der Waals surface area contributed by atoms with Crippen molar-refractivity contribution < 1.29 is 84.3 Å².